The van der Waals surface area contributed by atoms with Gasteiger partial charge in [0.05, 0.1) is 11.0 Å². The van der Waals surface area contributed by atoms with Gasteiger partial charge in [0.15, 0.2) is 11.6 Å². The minimum absolute atomic E-state index is 0.236. The van der Waals surface area contributed by atoms with Crippen LogP contribution in [0.25, 0.3) is 0 Å². The lowest BCUT2D eigenvalue weighted by Gasteiger charge is -2.31. The van der Waals surface area contributed by atoms with E-state index >= 15 is 0 Å². The third-order valence-corrected chi connectivity index (χ3v) is 4.48. The van der Waals surface area contributed by atoms with E-state index in [4.69, 9.17) is 0 Å². The first-order valence-corrected chi connectivity index (χ1v) is 7.09. The monoisotopic (exact) mass is 317 g/mol. The van der Waals surface area contributed by atoms with Crippen LogP contribution < -0.4 is 10.2 Å². The number of halogens is 4. The topological polar surface area (TPSA) is 45.2 Å². The molecule has 2 aliphatic rings. The lowest BCUT2D eigenvalue weighted by molar-refractivity contribution is -0.138. The predicted octanol–water partition coefficient (Wildman–Crippen LogP) is 2.35. The number of hydrogen-bond donors (Lipinski definition) is 1. The second-order valence-electron chi connectivity index (χ2n) is 5.76. The van der Waals surface area contributed by atoms with Crippen molar-refractivity contribution in [2.45, 2.75) is 25.4 Å². The molecule has 0 atom stereocenters. The molecule has 8 heteroatoms. The van der Waals surface area contributed by atoms with Crippen molar-refractivity contribution in [3.63, 3.8) is 0 Å². The second kappa shape index (κ2) is 5.19. The first kappa shape index (κ1) is 15.2. The lowest BCUT2D eigenvalue weighted by Crippen LogP contribution is -2.43. The number of piperidine rings is 1. The van der Waals surface area contributed by atoms with Gasteiger partial charge in [-0.05, 0) is 38.4 Å². The molecular weight excluding hydrogens is 302 g/mol. The molecule has 0 radical (unpaired) electrons. The maximum atomic E-state index is 14.0. The van der Waals surface area contributed by atoms with Crippen LogP contribution in [0.2, 0.25) is 0 Å². The molecule has 0 saturated carbocycles. The number of rotatable bonds is 1. The normalized spacial score (nSPS) is 21.6. The molecule has 0 unspecified atom stereocenters. The van der Waals surface area contributed by atoms with Crippen LogP contribution in [0.4, 0.5) is 23.4 Å². The lowest BCUT2D eigenvalue weighted by atomic mass is 9.78. The van der Waals surface area contributed by atoms with Gasteiger partial charge >= 0.3 is 6.18 Å². The van der Waals surface area contributed by atoms with Crippen LogP contribution in [0.3, 0.4) is 0 Å². The van der Waals surface area contributed by atoms with Crippen LogP contribution in [0, 0.1) is 11.2 Å². The fraction of sp³-hybridized carbons (Fsp3) is 0.571. The van der Waals surface area contributed by atoms with Gasteiger partial charge in [-0.1, -0.05) is 0 Å². The van der Waals surface area contributed by atoms with Gasteiger partial charge in [-0.2, -0.15) is 13.2 Å². The van der Waals surface area contributed by atoms with Crippen molar-refractivity contribution in [3.05, 3.63) is 23.6 Å². The van der Waals surface area contributed by atoms with Crippen molar-refractivity contribution in [2.75, 3.05) is 24.5 Å². The maximum Gasteiger partial charge on any atom is 0.417 e. The smallest absolute Gasteiger partial charge is 0.317 e. The van der Waals surface area contributed by atoms with Crippen LogP contribution in [0.1, 0.15) is 24.8 Å². The summed E-state index contributed by atoms with van der Waals surface area (Å²) in [5.41, 5.74) is -1.68. The Labute approximate surface area is 124 Å². The minimum Gasteiger partial charge on any atom is -0.317 e. The van der Waals surface area contributed by atoms with Crippen molar-refractivity contribution >= 4 is 11.7 Å². The van der Waals surface area contributed by atoms with Gasteiger partial charge in [0.1, 0.15) is 0 Å². The number of alkyl halides is 3. The summed E-state index contributed by atoms with van der Waals surface area (Å²) in [7, 11) is 0. The van der Waals surface area contributed by atoms with E-state index in [-0.39, 0.29) is 18.3 Å². The average Bonchev–Trinajstić information content (AvgIpc) is 2.76. The Morgan fingerprint density at radius 1 is 1.23 bits per heavy atom. The zero-order valence-corrected chi connectivity index (χ0v) is 11.7. The number of nitrogens with one attached hydrogen (secondary N) is 1. The van der Waals surface area contributed by atoms with E-state index in [2.05, 4.69) is 10.3 Å². The summed E-state index contributed by atoms with van der Waals surface area (Å²) in [4.78, 5) is 17.3. The van der Waals surface area contributed by atoms with Gasteiger partial charge < -0.3 is 5.32 Å². The van der Waals surface area contributed by atoms with E-state index in [0.717, 1.165) is 0 Å². The van der Waals surface area contributed by atoms with E-state index in [1.807, 2.05) is 0 Å². The Kier molecular flexibility index (Phi) is 3.58. The van der Waals surface area contributed by atoms with Crippen molar-refractivity contribution in [3.8, 4) is 0 Å². The number of anilines is 1. The third kappa shape index (κ3) is 2.45. The average molecular weight is 317 g/mol. The summed E-state index contributed by atoms with van der Waals surface area (Å²) in [6.07, 6.45) is -2.19. The van der Waals surface area contributed by atoms with Crippen molar-refractivity contribution < 1.29 is 22.4 Å². The number of carbonyl (C=O) groups is 1. The van der Waals surface area contributed by atoms with Crippen molar-refractivity contribution in [1.29, 1.82) is 0 Å². The molecule has 2 fully saturated rings. The molecule has 120 valence electrons. The van der Waals surface area contributed by atoms with Gasteiger partial charge in [-0.25, -0.2) is 9.37 Å². The Morgan fingerprint density at radius 3 is 2.50 bits per heavy atom. The first-order valence-electron chi connectivity index (χ1n) is 7.09. The largest absolute Gasteiger partial charge is 0.417 e. The van der Waals surface area contributed by atoms with Gasteiger partial charge in [0.2, 0.25) is 5.91 Å². The predicted molar refractivity (Wildman–Crippen MR) is 70.7 cm³/mol. The van der Waals surface area contributed by atoms with E-state index in [0.29, 0.717) is 44.6 Å². The van der Waals surface area contributed by atoms with Crippen molar-refractivity contribution in [1.82, 2.24) is 10.3 Å². The molecule has 0 aromatic carbocycles. The maximum absolute atomic E-state index is 14.0. The van der Waals surface area contributed by atoms with Gasteiger partial charge in [0.25, 0.3) is 0 Å². The fourth-order valence-electron chi connectivity index (χ4n) is 3.18. The summed E-state index contributed by atoms with van der Waals surface area (Å²) in [6.45, 7) is 1.71. The Bertz CT molecular complexity index is 596. The van der Waals surface area contributed by atoms with Gasteiger partial charge in [0, 0.05) is 12.7 Å². The highest BCUT2D eigenvalue weighted by atomic mass is 19.4. The van der Waals surface area contributed by atoms with E-state index in [1.165, 1.54) is 4.90 Å². The molecule has 1 aromatic rings. The summed E-state index contributed by atoms with van der Waals surface area (Å²) in [5, 5.41) is 3.16. The number of hydrogen-bond acceptors (Lipinski definition) is 3. The molecule has 1 N–H and O–H groups in total. The molecule has 2 aliphatic heterocycles. The van der Waals surface area contributed by atoms with Crippen LogP contribution in [0.5, 0.6) is 0 Å². The summed E-state index contributed by atoms with van der Waals surface area (Å²) in [6, 6.07) is 0.392. The highest BCUT2D eigenvalue weighted by Gasteiger charge is 2.48. The zero-order chi connectivity index (χ0) is 16.0. The van der Waals surface area contributed by atoms with Gasteiger partial charge in [-0.3, -0.25) is 9.69 Å². The zero-order valence-electron chi connectivity index (χ0n) is 11.7. The highest BCUT2D eigenvalue weighted by molar-refractivity contribution is 5.99. The van der Waals surface area contributed by atoms with Crippen molar-refractivity contribution in [2.24, 2.45) is 5.41 Å². The Hall–Kier alpha value is -1.70. The molecule has 0 aliphatic carbocycles. The third-order valence-electron chi connectivity index (χ3n) is 4.48. The summed E-state index contributed by atoms with van der Waals surface area (Å²) in [5.74, 6) is -1.66. The van der Waals surface area contributed by atoms with Crippen LogP contribution in [0.15, 0.2) is 12.3 Å². The summed E-state index contributed by atoms with van der Waals surface area (Å²) >= 11 is 0. The molecule has 1 aromatic heterocycles. The molecule has 22 heavy (non-hydrogen) atoms. The number of aromatic nitrogens is 1. The minimum atomic E-state index is -4.66. The van der Waals surface area contributed by atoms with Crippen LogP contribution in [-0.2, 0) is 11.0 Å². The number of amides is 1. The highest BCUT2D eigenvalue weighted by Crippen LogP contribution is 2.42. The van der Waals surface area contributed by atoms with Crippen LogP contribution >= 0.6 is 0 Å². The molecule has 3 heterocycles. The van der Waals surface area contributed by atoms with E-state index in [1.54, 1.807) is 0 Å². The number of carbonyl (C=O) groups excluding carboxylic acids is 1. The van der Waals surface area contributed by atoms with Gasteiger partial charge in [-0.15, -0.1) is 0 Å². The first-order chi connectivity index (χ1) is 10.3. The second-order valence-corrected chi connectivity index (χ2v) is 5.76. The van der Waals surface area contributed by atoms with Crippen LogP contribution in [-0.4, -0.2) is 30.5 Å². The molecule has 3 rings (SSSR count). The molecule has 4 nitrogen and oxygen atoms in total. The molecule has 1 spiro atoms. The Balaban J connectivity index is 1.88. The van der Waals surface area contributed by atoms with E-state index in [9.17, 15) is 22.4 Å². The molecular formula is C14H15F4N3O. The fourth-order valence-corrected chi connectivity index (χ4v) is 3.18. The molecule has 0 bridgehead atoms. The molecule has 2 saturated heterocycles. The molecule has 1 amide bonds. The quantitative estimate of drug-likeness (QED) is 0.809. The number of nitrogens with zero attached hydrogens (tertiary/aromatic N) is 2. The number of pyridine rings is 1. The van der Waals surface area contributed by atoms with E-state index < -0.39 is 23.0 Å². The standard InChI is InChI=1S/C14H15F4N3O/c15-10-7-9(14(16,17)18)8-20-11(10)21-6-3-13(12(21)22)1-4-19-5-2-13/h7-8,19H,1-6H2. The SMILES string of the molecule is O=C1N(c2ncc(C(F)(F)F)cc2F)CCC12CCNCC2. The Morgan fingerprint density at radius 2 is 1.91 bits per heavy atom. The summed E-state index contributed by atoms with van der Waals surface area (Å²) < 4.78 is 51.6.